The normalized spacial score (nSPS) is 13.4. The molecule has 3 N–H and O–H groups in total. The smallest absolute Gasteiger partial charge is 0.319 e. The van der Waals surface area contributed by atoms with Crippen LogP contribution in [0.2, 0.25) is 0 Å². The average Bonchev–Trinajstić information content (AvgIpc) is 2.48. The van der Waals surface area contributed by atoms with Crippen molar-refractivity contribution >= 4 is 17.5 Å². The molecule has 1 aromatic heterocycles. The highest BCUT2D eigenvalue weighted by atomic mass is 16.3. The molecular weight excluding hydrogens is 268 g/mol. The minimum Gasteiger partial charge on any atom is -0.388 e. The number of nitrogens with zero attached hydrogens (tertiary/aromatic N) is 2. The molecule has 21 heavy (non-hydrogen) atoms. The van der Waals surface area contributed by atoms with E-state index in [-0.39, 0.29) is 12.6 Å². The summed E-state index contributed by atoms with van der Waals surface area (Å²) in [6.45, 7) is 9.70. The summed E-state index contributed by atoms with van der Waals surface area (Å²) in [7, 11) is 0. The summed E-state index contributed by atoms with van der Waals surface area (Å²) in [5, 5.41) is 15.2. The molecule has 0 radical (unpaired) electrons. The van der Waals surface area contributed by atoms with Gasteiger partial charge in [0.15, 0.2) is 0 Å². The van der Waals surface area contributed by atoms with Crippen molar-refractivity contribution in [1.82, 2.24) is 10.3 Å². The molecule has 118 valence electrons. The molecule has 6 heteroatoms. The van der Waals surface area contributed by atoms with Crippen LogP contribution in [-0.4, -0.2) is 41.4 Å². The zero-order chi connectivity index (χ0) is 15.9. The van der Waals surface area contributed by atoms with E-state index in [4.69, 9.17) is 0 Å². The van der Waals surface area contributed by atoms with Crippen LogP contribution >= 0.6 is 0 Å². The molecule has 0 saturated carbocycles. The molecule has 0 bridgehead atoms. The van der Waals surface area contributed by atoms with E-state index in [1.165, 1.54) is 0 Å². The maximum atomic E-state index is 11.7. The summed E-state index contributed by atoms with van der Waals surface area (Å²) < 4.78 is 0. The molecule has 0 saturated heterocycles. The molecule has 0 aliphatic heterocycles. The fraction of sp³-hybridized carbons (Fsp3) is 0.600. The molecule has 0 fully saturated rings. The number of carbonyl (C=O) groups is 1. The van der Waals surface area contributed by atoms with Gasteiger partial charge < -0.3 is 20.6 Å². The first-order chi connectivity index (χ1) is 9.91. The van der Waals surface area contributed by atoms with Crippen molar-refractivity contribution in [3.8, 4) is 0 Å². The second kappa shape index (κ2) is 7.83. The van der Waals surface area contributed by atoms with Gasteiger partial charge in [0.1, 0.15) is 5.82 Å². The number of rotatable bonds is 7. The second-order valence-corrected chi connectivity index (χ2v) is 5.24. The largest absolute Gasteiger partial charge is 0.388 e. The predicted octanol–water partition coefficient (Wildman–Crippen LogP) is 2.21. The second-order valence-electron chi connectivity index (χ2n) is 5.24. The van der Waals surface area contributed by atoms with Crippen LogP contribution in [0.4, 0.5) is 16.3 Å². The van der Waals surface area contributed by atoms with E-state index in [0.29, 0.717) is 12.1 Å². The van der Waals surface area contributed by atoms with E-state index >= 15 is 0 Å². The van der Waals surface area contributed by atoms with Crippen molar-refractivity contribution in [3.63, 3.8) is 0 Å². The number of aromatic nitrogens is 1. The number of nitrogens with one attached hydrogen (secondary N) is 2. The Labute approximate surface area is 126 Å². The number of carbonyl (C=O) groups excluding carboxylic acids is 1. The summed E-state index contributed by atoms with van der Waals surface area (Å²) in [5.41, 5.74) is -0.262. The van der Waals surface area contributed by atoms with Crippen molar-refractivity contribution in [1.29, 1.82) is 0 Å². The van der Waals surface area contributed by atoms with Gasteiger partial charge in [0.2, 0.25) is 0 Å². The van der Waals surface area contributed by atoms with Gasteiger partial charge in [0.25, 0.3) is 0 Å². The first-order valence-electron chi connectivity index (χ1n) is 7.40. The molecule has 2 amide bonds. The number of anilines is 2. The summed E-state index contributed by atoms with van der Waals surface area (Å²) in [4.78, 5) is 18.2. The zero-order valence-corrected chi connectivity index (χ0v) is 13.3. The molecule has 1 rings (SSSR count). The lowest BCUT2D eigenvalue weighted by molar-refractivity contribution is 0.0587. The van der Waals surface area contributed by atoms with Gasteiger partial charge in [-0.25, -0.2) is 9.78 Å². The van der Waals surface area contributed by atoms with Gasteiger partial charge in [-0.3, -0.25) is 0 Å². The van der Waals surface area contributed by atoms with E-state index in [2.05, 4.69) is 34.4 Å². The summed E-state index contributed by atoms with van der Waals surface area (Å²) in [6.07, 6.45) is 2.21. The fourth-order valence-corrected chi connectivity index (χ4v) is 1.77. The van der Waals surface area contributed by atoms with Crippen LogP contribution in [0.15, 0.2) is 18.3 Å². The SMILES string of the molecule is CCN(CC)c1ccc(NC(=O)NC[C@@](C)(O)CC)cn1. The van der Waals surface area contributed by atoms with E-state index < -0.39 is 5.60 Å². The van der Waals surface area contributed by atoms with Crippen LogP contribution in [0.5, 0.6) is 0 Å². The third-order valence-corrected chi connectivity index (χ3v) is 3.48. The lowest BCUT2D eigenvalue weighted by atomic mass is 10.0. The van der Waals surface area contributed by atoms with Crippen molar-refractivity contribution in [2.24, 2.45) is 0 Å². The third-order valence-electron chi connectivity index (χ3n) is 3.48. The Morgan fingerprint density at radius 3 is 2.48 bits per heavy atom. The standard InChI is InChI=1S/C15H26N4O2/c1-5-15(4,21)11-17-14(20)18-12-8-9-13(16-10-12)19(6-2)7-3/h8-10,21H,5-7,11H2,1-4H3,(H2,17,18,20)/t15-/m0/s1. The first-order valence-corrected chi connectivity index (χ1v) is 7.40. The molecule has 0 aliphatic rings. The molecular formula is C15H26N4O2. The first kappa shape index (κ1) is 17.2. The molecule has 0 aliphatic carbocycles. The lowest BCUT2D eigenvalue weighted by Crippen LogP contribution is -2.41. The molecule has 6 nitrogen and oxygen atoms in total. The minimum absolute atomic E-state index is 0.209. The molecule has 1 heterocycles. The number of amides is 2. The van der Waals surface area contributed by atoms with Crippen LogP contribution in [0.25, 0.3) is 0 Å². The van der Waals surface area contributed by atoms with Crippen LogP contribution in [0.3, 0.4) is 0 Å². The molecule has 1 aromatic rings. The van der Waals surface area contributed by atoms with Crippen LogP contribution in [0, 0.1) is 0 Å². The number of hydrogen-bond acceptors (Lipinski definition) is 4. The number of aliphatic hydroxyl groups is 1. The molecule has 0 aromatic carbocycles. The Morgan fingerprint density at radius 1 is 1.33 bits per heavy atom. The van der Waals surface area contributed by atoms with E-state index in [9.17, 15) is 9.90 Å². The monoisotopic (exact) mass is 294 g/mol. The average molecular weight is 294 g/mol. The van der Waals surface area contributed by atoms with Crippen LogP contribution in [-0.2, 0) is 0 Å². The fourth-order valence-electron chi connectivity index (χ4n) is 1.77. The summed E-state index contributed by atoms with van der Waals surface area (Å²) in [5.74, 6) is 0.889. The summed E-state index contributed by atoms with van der Waals surface area (Å²) >= 11 is 0. The van der Waals surface area contributed by atoms with Gasteiger partial charge in [0.05, 0.1) is 17.5 Å². The van der Waals surface area contributed by atoms with E-state index in [0.717, 1.165) is 18.9 Å². The van der Waals surface area contributed by atoms with Crippen molar-refractivity contribution in [2.75, 3.05) is 29.9 Å². The van der Waals surface area contributed by atoms with Crippen LogP contribution < -0.4 is 15.5 Å². The van der Waals surface area contributed by atoms with Crippen LogP contribution in [0.1, 0.15) is 34.1 Å². The molecule has 0 unspecified atom stereocenters. The van der Waals surface area contributed by atoms with Crippen molar-refractivity contribution in [2.45, 2.75) is 39.7 Å². The molecule has 0 spiro atoms. The Balaban J connectivity index is 2.54. The Hall–Kier alpha value is -1.82. The Morgan fingerprint density at radius 2 is 2.00 bits per heavy atom. The highest BCUT2D eigenvalue weighted by Gasteiger charge is 2.18. The molecule has 1 atom stereocenters. The highest BCUT2D eigenvalue weighted by molar-refractivity contribution is 5.89. The van der Waals surface area contributed by atoms with Crippen molar-refractivity contribution in [3.05, 3.63) is 18.3 Å². The topological polar surface area (TPSA) is 77.5 Å². The number of urea groups is 1. The van der Waals surface area contributed by atoms with Gasteiger partial charge in [-0.15, -0.1) is 0 Å². The lowest BCUT2D eigenvalue weighted by Gasteiger charge is -2.22. The quantitative estimate of drug-likeness (QED) is 0.720. The zero-order valence-electron chi connectivity index (χ0n) is 13.3. The maximum Gasteiger partial charge on any atom is 0.319 e. The third kappa shape index (κ3) is 5.59. The summed E-state index contributed by atoms with van der Waals surface area (Å²) in [6, 6.07) is 3.35. The van der Waals surface area contributed by atoms with Gasteiger partial charge in [-0.05, 0) is 39.3 Å². The van der Waals surface area contributed by atoms with Gasteiger partial charge in [-0.2, -0.15) is 0 Å². The number of pyridine rings is 1. The van der Waals surface area contributed by atoms with Gasteiger partial charge in [0, 0.05) is 19.6 Å². The number of hydrogen-bond donors (Lipinski definition) is 3. The Bertz CT molecular complexity index is 441. The van der Waals surface area contributed by atoms with E-state index in [1.54, 1.807) is 13.1 Å². The minimum atomic E-state index is -0.887. The highest BCUT2D eigenvalue weighted by Crippen LogP contribution is 2.13. The van der Waals surface area contributed by atoms with E-state index in [1.807, 2.05) is 19.1 Å². The Kier molecular flexibility index (Phi) is 6.42. The van der Waals surface area contributed by atoms with Crippen molar-refractivity contribution < 1.29 is 9.90 Å². The predicted molar refractivity (Wildman–Crippen MR) is 85.7 cm³/mol. The van der Waals surface area contributed by atoms with Gasteiger partial charge in [-0.1, -0.05) is 6.92 Å². The maximum absolute atomic E-state index is 11.7. The van der Waals surface area contributed by atoms with Gasteiger partial charge >= 0.3 is 6.03 Å².